The quantitative estimate of drug-likeness (QED) is 0.424. The molecule has 1 heterocycles. The van der Waals surface area contributed by atoms with Crippen molar-refractivity contribution in [3.63, 3.8) is 0 Å². The highest BCUT2D eigenvalue weighted by Crippen LogP contribution is 2.09. The summed E-state index contributed by atoms with van der Waals surface area (Å²) in [5, 5.41) is 10.1. The maximum absolute atomic E-state index is 11.2. The van der Waals surface area contributed by atoms with Gasteiger partial charge in [-0.2, -0.15) is 0 Å². The third-order valence-corrected chi connectivity index (χ3v) is 1.92. The van der Waals surface area contributed by atoms with Crippen LogP contribution in [0.25, 0.3) is 6.08 Å². The van der Waals surface area contributed by atoms with Crippen molar-refractivity contribution in [1.29, 1.82) is 0 Å². The summed E-state index contributed by atoms with van der Waals surface area (Å²) in [4.78, 5) is 20.7. The largest absolute Gasteiger partial charge is 0.464 e. The highest BCUT2D eigenvalue weighted by atomic mass is 16.6. The summed E-state index contributed by atoms with van der Waals surface area (Å²) < 4.78 is 6.06. The van der Waals surface area contributed by atoms with Crippen LogP contribution in [-0.4, -0.2) is 22.6 Å². The van der Waals surface area contributed by atoms with Gasteiger partial charge in [-0.15, -0.1) is 0 Å². The summed E-state index contributed by atoms with van der Waals surface area (Å²) in [6.45, 7) is 0. The van der Waals surface area contributed by atoms with E-state index in [1.807, 2.05) is 0 Å². The predicted molar refractivity (Wildman–Crippen MR) is 52.8 cm³/mol. The third kappa shape index (κ3) is 2.43. The summed E-state index contributed by atoms with van der Waals surface area (Å²) in [5.74, 6) is -0.474. The Balaban J connectivity index is 2.99. The molecular weight excluding hydrogens is 200 g/mol. The molecule has 0 amide bonds. The SMILES string of the molecule is COC(=O)c1ccc(/C=C/[N+](=O)[O-])n1C. The van der Waals surface area contributed by atoms with Gasteiger partial charge in [0.2, 0.25) is 6.20 Å². The first kappa shape index (κ1) is 11.0. The van der Waals surface area contributed by atoms with Crippen LogP contribution in [0, 0.1) is 10.1 Å². The van der Waals surface area contributed by atoms with Gasteiger partial charge in [0.1, 0.15) is 5.69 Å². The molecule has 1 rings (SSSR count). The Labute approximate surface area is 85.9 Å². The molecule has 0 aliphatic heterocycles. The molecule has 0 saturated carbocycles. The van der Waals surface area contributed by atoms with Gasteiger partial charge in [-0.25, -0.2) is 4.79 Å². The monoisotopic (exact) mass is 210 g/mol. The van der Waals surface area contributed by atoms with Crippen LogP contribution in [0.2, 0.25) is 0 Å². The normalized spacial score (nSPS) is 10.5. The smallest absolute Gasteiger partial charge is 0.354 e. The number of methoxy groups -OCH3 is 1. The molecule has 0 aliphatic rings. The van der Waals surface area contributed by atoms with Gasteiger partial charge in [0, 0.05) is 18.8 Å². The van der Waals surface area contributed by atoms with Gasteiger partial charge in [-0.3, -0.25) is 10.1 Å². The minimum absolute atomic E-state index is 0.348. The molecule has 0 spiro atoms. The van der Waals surface area contributed by atoms with Crippen LogP contribution in [0.15, 0.2) is 18.3 Å². The lowest BCUT2D eigenvalue weighted by atomic mass is 10.4. The molecule has 0 N–H and O–H groups in total. The Hall–Kier alpha value is -2.11. The number of hydrogen-bond donors (Lipinski definition) is 0. The van der Waals surface area contributed by atoms with E-state index in [9.17, 15) is 14.9 Å². The molecule has 6 heteroatoms. The van der Waals surface area contributed by atoms with Crippen LogP contribution in [0.3, 0.4) is 0 Å². The summed E-state index contributed by atoms with van der Waals surface area (Å²) in [6.07, 6.45) is 2.13. The fourth-order valence-corrected chi connectivity index (χ4v) is 1.14. The fraction of sp³-hybridized carbons (Fsp3) is 0.222. The lowest BCUT2D eigenvalue weighted by Gasteiger charge is -2.01. The number of nitrogens with zero attached hydrogens (tertiary/aromatic N) is 2. The number of rotatable bonds is 3. The molecule has 15 heavy (non-hydrogen) atoms. The number of esters is 1. The molecular formula is C9H10N2O4. The minimum Gasteiger partial charge on any atom is -0.464 e. The van der Waals surface area contributed by atoms with E-state index < -0.39 is 10.9 Å². The lowest BCUT2D eigenvalue weighted by molar-refractivity contribution is -0.401. The van der Waals surface area contributed by atoms with Crippen molar-refractivity contribution in [1.82, 2.24) is 4.57 Å². The average molecular weight is 210 g/mol. The predicted octanol–water partition coefficient (Wildman–Crippen LogP) is 1.06. The fourth-order valence-electron chi connectivity index (χ4n) is 1.14. The second-order valence-corrected chi connectivity index (χ2v) is 2.80. The van der Waals surface area contributed by atoms with Crippen molar-refractivity contribution >= 4 is 12.0 Å². The van der Waals surface area contributed by atoms with Gasteiger partial charge in [0.15, 0.2) is 0 Å². The maximum Gasteiger partial charge on any atom is 0.354 e. The van der Waals surface area contributed by atoms with E-state index in [1.165, 1.54) is 17.8 Å². The van der Waals surface area contributed by atoms with E-state index >= 15 is 0 Å². The van der Waals surface area contributed by atoms with Crippen molar-refractivity contribution in [2.45, 2.75) is 0 Å². The average Bonchev–Trinajstić information content (AvgIpc) is 2.56. The molecule has 0 radical (unpaired) electrons. The van der Waals surface area contributed by atoms with E-state index in [4.69, 9.17) is 0 Å². The molecule has 0 fully saturated rings. The number of carbonyl (C=O) groups is 1. The van der Waals surface area contributed by atoms with Gasteiger partial charge in [0.25, 0.3) is 0 Å². The molecule has 80 valence electrons. The highest BCUT2D eigenvalue weighted by Gasteiger charge is 2.11. The van der Waals surface area contributed by atoms with E-state index in [2.05, 4.69) is 4.74 Å². The number of ether oxygens (including phenoxy) is 1. The Kier molecular flexibility index (Phi) is 3.22. The molecule has 1 aromatic rings. The summed E-state index contributed by atoms with van der Waals surface area (Å²) in [7, 11) is 2.91. The van der Waals surface area contributed by atoms with Gasteiger partial charge in [0.05, 0.1) is 12.0 Å². The number of carbonyl (C=O) groups excluding carboxylic acids is 1. The van der Waals surface area contributed by atoms with Gasteiger partial charge >= 0.3 is 5.97 Å². The second kappa shape index (κ2) is 4.41. The van der Waals surface area contributed by atoms with Crippen molar-refractivity contribution in [2.24, 2.45) is 7.05 Å². The van der Waals surface area contributed by atoms with Crippen molar-refractivity contribution in [2.75, 3.05) is 7.11 Å². The van der Waals surface area contributed by atoms with E-state index in [1.54, 1.807) is 19.2 Å². The first-order chi connectivity index (χ1) is 7.06. The van der Waals surface area contributed by atoms with Crippen LogP contribution in [0.1, 0.15) is 16.2 Å². The molecule has 0 aromatic carbocycles. The number of aromatic nitrogens is 1. The molecule has 0 atom stereocenters. The molecule has 0 saturated heterocycles. The molecule has 0 bridgehead atoms. The van der Waals surface area contributed by atoms with E-state index in [0.717, 1.165) is 6.20 Å². The summed E-state index contributed by atoms with van der Waals surface area (Å²) >= 11 is 0. The van der Waals surface area contributed by atoms with E-state index in [-0.39, 0.29) is 0 Å². The topological polar surface area (TPSA) is 74.4 Å². The van der Waals surface area contributed by atoms with Gasteiger partial charge in [-0.05, 0) is 12.1 Å². The van der Waals surface area contributed by atoms with Crippen LogP contribution in [-0.2, 0) is 11.8 Å². The Morgan fingerprint density at radius 3 is 2.80 bits per heavy atom. The number of hydrogen-bond acceptors (Lipinski definition) is 4. The highest BCUT2D eigenvalue weighted by molar-refractivity contribution is 5.88. The van der Waals surface area contributed by atoms with Crippen LogP contribution >= 0.6 is 0 Å². The van der Waals surface area contributed by atoms with Crippen molar-refractivity contribution < 1.29 is 14.5 Å². The number of nitro groups is 1. The Morgan fingerprint density at radius 2 is 2.27 bits per heavy atom. The zero-order valence-electron chi connectivity index (χ0n) is 8.34. The van der Waals surface area contributed by atoms with Gasteiger partial charge in [-0.1, -0.05) is 0 Å². The second-order valence-electron chi connectivity index (χ2n) is 2.80. The Bertz CT molecular complexity index is 420. The standard InChI is InChI=1S/C9H10N2O4/c1-10-7(5-6-11(13)14)3-4-8(10)9(12)15-2/h3-6H,1-2H3/b6-5+. The minimum atomic E-state index is -0.565. The lowest BCUT2D eigenvalue weighted by Crippen LogP contribution is -2.08. The van der Waals surface area contributed by atoms with E-state index in [0.29, 0.717) is 11.4 Å². The molecule has 0 unspecified atom stereocenters. The Morgan fingerprint density at radius 1 is 1.60 bits per heavy atom. The zero-order chi connectivity index (χ0) is 11.4. The molecule has 6 nitrogen and oxygen atoms in total. The maximum atomic E-state index is 11.2. The third-order valence-electron chi connectivity index (χ3n) is 1.92. The van der Waals surface area contributed by atoms with Crippen LogP contribution in [0.4, 0.5) is 0 Å². The van der Waals surface area contributed by atoms with Crippen LogP contribution < -0.4 is 0 Å². The van der Waals surface area contributed by atoms with Gasteiger partial charge < -0.3 is 9.30 Å². The van der Waals surface area contributed by atoms with Crippen molar-refractivity contribution in [3.05, 3.63) is 39.8 Å². The van der Waals surface area contributed by atoms with Crippen LogP contribution in [0.5, 0.6) is 0 Å². The molecule has 1 aromatic heterocycles. The first-order valence-corrected chi connectivity index (χ1v) is 4.12. The summed E-state index contributed by atoms with van der Waals surface area (Å²) in [6, 6.07) is 3.15. The van der Waals surface area contributed by atoms with Crippen molar-refractivity contribution in [3.8, 4) is 0 Å². The first-order valence-electron chi connectivity index (χ1n) is 4.12. The zero-order valence-corrected chi connectivity index (χ0v) is 8.34. The summed E-state index contributed by atoms with van der Waals surface area (Å²) in [5.41, 5.74) is 0.910. The molecule has 0 aliphatic carbocycles.